The van der Waals surface area contributed by atoms with E-state index in [0.29, 0.717) is 11.6 Å². The lowest BCUT2D eigenvalue weighted by molar-refractivity contribution is 1.18. The molecule has 124 heavy (non-hydrogen) atoms. The Hall–Kier alpha value is -16.7. The zero-order chi connectivity index (χ0) is 82.5. The highest BCUT2D eigenvalue weighted by atomic mass is 14.9. The molecule has 0 bridgehead atoms. The Morgan fingerprint density at radius 1 is 0.113 bits per heavy atom. The van der Waals surface area contributed by atoms with E-state index in [0.717, 1.165) is 189 Å². The Labute approximate surface area is 719 Å². The van der Waals surface area contributed by atoms with Gasteiger partial charge in [-0.25, -0.2) is 39.9 Å². The Morgan fingerprint density at radius 3 is 0.661 bits per heavy atom. The summed E-state index contributed by atoms with van der Waals surface area (Å²) in [6.07, 6.45) is 0. The van der Waals surface area contributed by atoms with Gasteiger partial charge in [0, 0.05) is 77.2 Å². The van der Waals surface area contributed by atoms with Crippen LogP contribution in [0.1, 0.15) is 0 Å². The van der Waals surface area contributed by atoms with Crippen LogP contribution in [0.5, 0.6) is 0 Å². The van der Waals surface area contributed by atoms with E-state index in [2.05, 4.69) is 400 Å². The predicted molar refractivity (Wildman–Crippen MR) is 512 cm³/mol. The third-order valence-electron chi connectivity index (χ3n) is 23.0. The van der Waals surface area contributed by atoms with Crippen molar-refractivity contribution in [2.75, 3.05) is 0 Å². The maximum atomic E-state index is 5.34. The molecule has 6 heterocycles. The van der Waals surface area contributed by atoms with Crippen LogP contribution in [0.3, 0.4) is 0 Å². The molecule has 8 heteroatoms. The summed E-state index contributed by atoms with van der Waals surface area (Å²) in [7, 11) is 0. The van der Waals surface area contributed by atoms with Crippen molar-refractivity contribution >= 4 is 43.6 Å². The van der Waals surface area contributed by atoms with E-state index in [1.54, 1.807) is 0 Å². The predicted octanol–water partition coefficient (Wildman–Crippen LogP) is 29.8. The second-order valence-electron chi connectivity index (χ2n) is 30.9. The van der Waals surface area contributed by atoms with Crippen molar-refractivity contribution in [2.45, 2.75) is 0 Å². The van der Waals surface area contributed by atoms with Crippen LogP contribution in [-0.4, -0.2) is 39.9 Å². The largest absolute Gasteiger partial charge is 0.245 e. The summed E-state index contributed by atoms with van der Waals surface area (Å²) < 4.78 is 0. The van der Waals surface area contributed by atoms with Gasteiger partial charge < -0.3 is 0 Å². The van der Waals surface area contributed by atoms with Crippen molar-refractivity contribution in [3.63, 3.8) is 0 Å². The van der Waals surface area contributed by atoms with Crippen LogP contribution < -0.4 is 0 Å². The van der Waals surface area contributed by atoms with Gasteiger partial charge in [-0.05, 0) is 115 Å². The minimum absolute atomic E-state index is 0.681. The smallest absolute Gasteiger partial charge is 0.160 e. The molecule has 6 aromatic heterocycles. The number of nitrogens with zero attached hydrogens (tertiary/aromatic N) is 8. The molecule has 0 aliphatic rings. The van der Waals surface area contributed by atoms with Crippen LogP contribution in [0.15, 0.2) is 461 Å². The van der Waals surface area contributed by atoms with Crippen LogP contribution in [-0.2, 0) is 0 Å². The van der Waals surface area contributed by atoms with E-state index in [-0.39, 0.29) is 0 Å². The maximum absolute atomic E-state index is 5.34. The average molecular weight is 1580 g/mol. The summed E-state index contributed by atoms with van der Waals surface area (Å²) in [5, 5.41) is 4.26. The number of hydrogen-bond acceptors (Lipinski definition) is 8. The Balaban J connectivity index is 0.000000152. The Kier molecular flexibility index (Phi) is 20.3. The van der Waals surface area contributed by atoms with Gasteiger partial charge in [-0.2, -0.15) is 0 Å². The van der Waals surface area contributed by atoms with Crippen LogP contribution >= 0.6 is 0 Å². The first-order chi connectivity index (χ1) is 61.4. The van der Waals surface area contributed by atoms with Crippen molar-refractivity contribution in [2.24, 2.45) is 0 Å². The second kappa shape index (κ2) is 33.6. The summed E-state index contributed by atoms with van der Waals surface area (Å²) in [5.41, 5.74) is 34.7. The van der Waals surface area contributed by atoms with Gasteiger partial charge in [0.05, 0.1) is 67.6 Å². The molecule has 16 aromatic carbocycles. The van der Waals surface area contributed by atoms with Crippen LogP contribution in [0.4, 0.5) is 0 Å². The van der Waals surface area contributed by atoms with Crippen molar-refractivity contribution in [3.8, 4) is 180 Å². The van der Waals surface area contributed by atoms with Crippen LogP contribution in [0.2, 0.25) is 0 Å². The van der Waals surface area contributed by atoms with E-state index >= 15 is 0 Å². The highest BCUT2D eigenvalue weighted by Crippen LogP contribution is 2.42. The fourth-order valence-electron chi connectivity index (χ4n) is 16.5. The minimum atomic E-state index is 0.681. The van der Waals surface area contributed by atoms with E-state index in [9.17, 15) is 0 Å². The lowest BCUT2D eigenvalue weighted by Crippen LogP contribution is -1.96. The van der Waals surface area contributed by atoms with Crippen LogP contribution in [0, 0.1) is 0 Å². The number of aromatic nitrogens is 8. The molecule has 0 aliphatic carbocycles. The van der Waals surface area contributed by atoms with Crippen molar-refractivity contribution in [3.05, 3.63) is 461 Å². The van der Waals surface area contributed by atoms with Crippen molar-refractivity contribution in [1.29, 1.82) is 0 Å². The fourth-order valence-corrected chi connectivity index (χ4v) is 16.5. The average Bonchev–Trinajstić information content (AvgIpc) is 0.746. The third kappa shape index (κ3) is 15.6. The lowest BCUT2D eigenvalue weighted by atomic mass is 9.96. The quantitative estimate of drug-likeness (QED) is 0.0882. The van der Waals surface area contributed by atoms with Gasteiger partial charge in [0.15, 0.2) is 11.6 Å². The first-order valence-electron chi connectivity index (χ1n) is 41.7. The number of fused-ring (bicyclic) bond motifs is 6. The summed E-state index contributed by atoms with van der Waals surface area (Å²) >= 11 is 0. The fraction of sp³-hybridized carbons (Fsp3) is 0. The van der Waals surface area contributed by atoms with Crippen molar-refractivity contribution in [1.82, 2.24) is 39.9 Å². The minimum Gasteiger partial charge on any atom is -0.245 e. The normalized spacial score (nSPS) is 11.2. The molecule has 22 aromatic rings. The molecule has 0 fully saturated rings. The molecular weight excluding hydrogens is 1510 g/mol. The van der Waals surface area contributed by atoms with Gasteiger partial charge in [-0.3, -0.25) is 0 Å². The summed E-state index contributed by atoms with van der Waals surface area (Å²) in [4.78, 5) is 41.6. The molecule has 0 saturated heterocycles. The number of rotatable bonds is 16. The van der Waals surface area contributed by atoms with Gasteiger partial charge >= 0.3 is 0 Å². The molecule has 0 aliphatic heterocycles. The molecule has 0 spiro atoms. The molecule has 22 rings (SSSR count). The molecule has 8 nitrogen and oxygen atoms in total. The van der Waals surface area contributed by atoms with E-state index in [1.165, 1.54) is 22.3 Å². The third-order valence-corrected chi connectivity index (χ3v) is 23.0. The number of pyridine rings is 4. The molecule has 0 amide bonds. The Bertz CT molecular complexity index is 7160. The molecule has 0 saturated carbocycles. The van der Waals surface area contributed by atoms with Gasteiger partial charge in [0.1, 0.15) is 0 Å². The summed E-state index contributed by atoms with van der Waals surface area (Å²) in [6, 6.07) is 161. The molecular formula is C116H76N8. The number of hydrogen-bond donors (Lipinski definition) is 0. The zero-order valence-corrected chi connectivity index (χ0v) is 67.5. The topological polar surface area (TPSA) is 103 Å². The summed E-state index contributed by atoms with van der Waals surface area (Å²) in [5.74, 6) is 1.38. The first kappa shape index (κ1) is 74.8. The monoisotopic (exact) mass is 1580 g/mol. The number of benzene rings is 16. The standard InChI is InChI=1S/2C58H38N4/c1-5-14-39(15-6-1)40-24-28-44(29-25-40)54-38-55(62-58(61-54)47-20-11-4-12-21-47)45-30-26-41(27-31-45)48-22-13-23-49(36-48)52-35-33-46-32-34-50-51(42-16-7-2-8-17-42)37-53(43-18-9-3-10-19-43)60-57(50)56(46)59-52;1-5-14-39(15-6-1)40-24-28-45(29-25-40)55-38-54(44-20-11-4-12-21-44)61-58(62-55)47-30-26-41(27-31-47)48-22-13-23-49(36-48)52-35-33-46-32-34-50-51(42-16-7-2-8-17-42)37-53(43-18-9-3-10-19-43)60-57(50)56(46)59-52/h2*1-38H. The first-order valence-corrected chi connectivity index (χ1v) is 41.7. The lowest BCUT2D eigenvalue weighted by Gasteiger charge is -2.13. The molecule has 0 radical (unpaired) electrons. The second-order valence-corrected chi connectivity index (χ2v) is 30.9. The molecule has 580 valence electrons. The highest BCUT2D eigenvalue weighted by molar-refractivity contribution is 6.11. The van der Waals surface area contributed by atoms with E-state index in [4.69, 9.17) is 39.9 Å². The highest BCUT2D eigenvalue weighted by Gasteiger charge is 2.20. The summed E-state index contributed by atoms with van der Waals surface area (Å²) in [6.45, 7) is 0. The van der Waals surface area contributed by atoms with Gasteiger partial charge in [-0.1, -0.05) is 413 Å². The molecule has 0 atom stereocenters. The molecule has 0 N–H and O–H groups in total. The SMILES string of the molecule is c1ccc(-c2ccc(-c3cc(-c4ccc(-c5cccc(-c6ccc7ccc8c(-c9ccccc9)cc(-c9ccccc9)nc8c7n6)c5)cc4)nc(-c4ccccc4)n3)cc2)cc1.c1ccc(-c2ccc(-c3cc(-c4ccccc4)nc(-c4ccc(-c5cccc(-c6ccc7ccc8c(-c9ccccc9)cc(-c9ccccc9)nc8c7n6)c5)cc4)n3)cc2)cc1. The van der Waals surface area contributed by atoms with E-state index < -0.39 is 0 Å². The van der Waals surface area contributed by atoms with Crippen LogP contribution in [0.25, 0.3) is 223 Å². The van der Waals surface area contributed by atoms with Crippen molar-refractivity contribution < 1.29 is 0 Å². The van der Waals surface area contributed by atoms with Gasteiger partial charge in [0.2, 0.25) is 0 Å². The van der Waals surface area contributed by atoms with E-state index in [1.807, 2.05) is 60.7 Å². The molecule has 0 unspecified atom stereocenters. The van der Waals surface area contributed by atoms with Gasteiger partial charge in [-0.15, -0.1) is 0 Å². The zero-order valence-electron chi connectivity index (χ0n) is 67.5. The maximum Gasteiger partial charge on any atom is 0.160 e. The van der Waals surface area contributed by atoms with Gasteiger partial charge in [0.25, 0.3) is 0 Å². The Morgan fingerprint density at radius 2 is 0.331 bits per heavy atom.